The predicted molar refractivity (Wildman–Crippen MR) is 151 cm³/mol. The lowest BCUT2D eigenvalue weighted by atomic mass is 9.85. The minimum absolute atomic E-state index is 0.124. The number of ketones is 1. The van der Waals surface area contributed by atoms with Gasteiger partial charge in [-0.15, -0.1) is 0 Å². The highest BCUT2D eigenvalue weighted by atomic mass is 35.5. The van der Waals surface area contributed by atoms with Crippen LogP contribution in [0.1, 0.15) is 53.9 Å². The Kier molecular flexibility index (Phi) is 7.77. The van der Waals surface area contributed by atoms with E-state index in [9.17, 15) is 19.5 Å². The summed E-state index contributed by atoms with van der Waals surface area (Å²) < 4.78 is 9.95. The molecule has 39 heavy (non-hydrogen) atoms. The van der Waals surface area contributed by atoms with Crippen molar-refractivity contribution in [1.29, 1.82) is 0 Å². The summed E-state index contributed by atoms with van der Waals surface area (Å²) in [4.78, 5) is 40.1. The number of hydrogen-bond donors (Lipinski definition) is 1. The number of amides is 1. The molecule has 1 aliphatic heterocycles. The van der Waals surface area contributed by atoms with E-state index in [-0.39, 0.29) is 37.9 Å². The predicted octanol–water partition coefficient (Wildman–Crippen LogP) is 6.71. The molecule has 4 rings (SSSR count). The number of nitrogens with zero attached hydrogens (tertiary/aromatic N) is 1. The van der Waals surface area contributed by atoms with Gasteiger partial charge in [0.1, 0.15) is 5.76 Å². The smallest absolute Gasteiger partial charge is 0.337 e. The molecule has 0 aliphatic carbocycles. The zero-order valence-electron chi connectivity index (χ0n) is 22.0. The van der Waals surface area contributed by atoms with E-state index < -0.39 is 29.5 Å². The molecule has 1 amide bonds. The maximum Gasteiger partial charge on any atom is 0.337 e. The van der Waals surface area contributed by atoms with Crippen LogP contribution >= 0.6 is 23.2 Å². The summed E-state index contributed by atoms with van der Waals surface area (Å²) >= 11 is 12.6. The van der Waals surface area contributed by atoms with Gasteiger partial charge in [0.15, 0.2) is 5.75 Å². The van der Waals surface area contributed by atoms with Crippen LogP contribution < -0.4 is 9.64 Å². The van der Waals surface area contributed by atoms with Crippen LogP contribution in [0.3, 0.4) is 0 Å². The van der Waals surface area contributed by atoms with Gasteiger partial charge in [0.05, 0.1) is 41.4 Å². The van der Waals surface area contributed by atoms with Crippen molar-refractivity contribution in [2.75, 3.05) is 19.1 Å². The van der Waals surface area contributed by atoms with Crippen molar-refractivity contribution in [1.82, 2.24) is 0 Å². The van der Waals surface area contributed by atoms with Crippen LogP contribution in [-0.2, 0) is 19.7 Å². The molecule has 0 aromatic heterocycles. The van der Waals surface area contributed by atoms with Crippen molar-refractivity contribution >= 4 is 52.3 Å². The third-order valence-corrected chi connectivity index (χ3v) is 7.14. The van der Waals surface area contributed by atoms with E-state index in [2.05, 4.69) is 20.8 Å². The van der Waals surface area contributed by atoms with Crippen molar-refractivity contribution in [3.63, 3.8) is 0 Å². The van der Waals surface area contributed by atoms with E-state index in [1.165, 1.54) is 43.4 Å². The monoisotopic (exact) mass is 567 g/mol. The Morgan fingerprint density at radius 1 is 0.897 bits per heavy atom. The number of hydrogen-bond acceptors (Lipinski definition) is 6. The fourth-order valence-corrected chi connectivity index (χ4v) is 5.14. The zero-order chi connectivity index (χ0) is 28.6. The Balaban J connectivity index is 1.92. The van der Waals surface area contributed by atoms with Crippen molar-refractivity contribution in [3.05, 3.63) is 98.5 Å². The van der Waals surface area contributed by atoms with Gasteiger partial charge < -0.3 is 14.6 Å². The molecule has 1 unspecified atom stereocenters. The van der Waals surface area contributed by atoms with E-state index in [0.717, 1.165) is 5.56 Å². The molecule has 7 nitrogen and oxygen atoms in total. The molecule has 202 valence electrons. The molecule has 0 spiro atoms. The summed E-state index contributed by atoms with van der Waals surface area (Å²) in [7, 11) is 2.68. The van der Waals surface area contributed by atoms with Crippen molar-refractivity contribution in [3.8, 4) is 5.75 Å². The summed E-state index contributed by atoms with van der Waals surface area (Å²) in [5.74, 6) is -2.46. The van der Waals surface area contributed by atoms with E-state index in [1.54, 1.807) is 12.1 Å². The van der Waals surface area contributed by atoms with E-state index in [4.69, 9.17) is 32.7 Å². The molecular formula is C30H27Cl2NO6. The van der Waals surface area contributed by atoms with Crippen molar-refractivity contribution < 1.29 is 29.0 Å². The Hall–Kier alpha value is -3.81. The summed E-state index contributed by atoms with van der Waals surface area (Å²) in [6.07, 6.45) is 0. The second-order valence-corrected chi connectivity index (χ2v) is 10.9. The van der Waals surface area contributed by atoms with Gasteiger partial charge in [-0.1, -0.05) is 68.2 Å². The third-order valence-electron chi connectivity index (χ3n) is 6.58. The fourth-order valence-electron chi connectivity index (χ4n) is 4.50. The van der Waals surface area contributed by atoms with Crippen LogP contribution in [0.4, 0.5) is 5.69 Å². The minimum atomic E-state index is -0.970. The van der Waals surface area contributed by atoms with Gasteiger partial charge >= 0.3 is 5.97 Å². The Bertz CT molecular complexity index is 1460. The number of ether oxygens (including phenoxy) is 2. The number of methoxy groups -OCH3 is 2. The number of rotatable bonds is 5. The molecule has 9 heteroatoms. The quantitative estimate of drug-likeness (QED) is 0.159. The van der Waals surface area contributed by atoms with E-state index >= 15 is 0 Å². The van der Waals surface area contributed by atoms with Gasteiger partial charge in [-0.25, -0.2) is 4.79 Å². The van der Waals surface area contributed by atoms with E-state index in [1.807, 2.05) is 24.3 Å². The molecule has 1 saturated heterocycles. The average molecular weight is 568 g/mol. The Morgan fingerprint density at radius 3 is 1.95 bits per heavy atom. The first-order valence-electron chi connectivity index (χ1n) is 12.0. The zero-order valence-corrected chi connectivity index (χ0v) is 23.6. The maximum atomic E-state index is 13.5. The fraction of sp³-hybridized carbons (Fsp3) is 0.233. The van der Waals surface area contributed by atoms with Crippen LogP contribution in [0.5, 0.6) is 5.75 Å². The van der Waals surface area contributed by atoms with Crippen LogP contribution in [0, 0.1) is 0 Å². The summed E-state index contributed by atoms with van der Waals surface area (Å²) in [5, 5.41) is 11.7. The number of aliphatic hydroxyl groups is 1. The van der Waals surface area contributed by atoms with Crippen molar-refractivity contribution in [2.24, 2.45) is 0 Å². The highest BCUT2D eigenvalue weighted by molar-refractivity contribution is 6.51. The van der Waals surface area contributed by atoms with Crippen LogP contribution in [0.25, 0.3) is 5.76 Å². The number of aliphatic hydroxyl groups excluding tert-OH is 1. The lowest BCUT2D eigenvalue weighted by Gasteiger charge is -2.26. The standard InChI is InChI=1S/C30H27Cl2NO6/c1-30(2,3)19-10-6-16(7-11-19)24-23(25(34)18-14-21(31)27(38-4)22(32)15-18)26(35)28(36)33(24)20-12-8-17(9-13-20)29(37)39-5/h6-15,24,34H,1-5H3/b25-23+. The maximum absolute atomic E-state index is 13.5. The molecule has 3 aromatic carbocycles. The molecule has 1 fully saturated rings. The first-order chi connectivity index (χ1) is 18.4. The molecule has 0 bridgehead atoms. The molecule has 1 atom stereocenters. The first kappa shape index (κ1) is 28.2. The van der Waals surface area contributed by atoms with Crippen molar-refractivity contribution in [2.45, 2.75) is 32.2 Å². The van der Waals surface area contributed by atoms with Gasteiger partial charge in [-0.3, -0.25) is 14.5 Å². The number of benzene rings is 3. The molecule has 1 heterocycles. The molecule has 1 aliphatic rings. The highest BCUT2D eigenvalue weighted by Crippen LogP contribution is 2.44. The number of halogens is 2. The van der Waals surface area contributed by atoms with Crippen LogP contribution in [0.15, 0.2) is 66.2 Å². The number of esters is 1. The van der Waals surface area contributed by atoms with Crippen LogP contribution in [-0.4, -0.2) is 37.0 Å². The topological polar surface area (TPSA) is 93.1 Å². The van der Waals surface area contributed by atoms with Gasteiger partial charge in [0.25, 0.3) is 11.7 Å². The summed E-state index contributed by atoms with van der Waals surface area (Å²) in [6.45, 7) is 6.23. The number of carbonyl (C=O) groups is 3. The average Bonchev–Trinajstić information content (AvgIpc) is 3.17. The number of anilines is 1. The molecule has 3 aromatic rings. The second kappa shape index (κ2) is 10.8. The lowest BCUT2D eigenvalue weighted by Crippen LogP contribution is -2.29. The van der Waals surface area contributed by atoms with Gasteiger partial charge in [0, 0.05) is 11.3 Å². The normalized spacial score (nSPS) is 16.9. The summed E-state index contributed by atoms with van der Waals surface area (Å²) in [6, 6.07) is 15.5. The molecular weight excluding hydrogens is 541 g/mol. The highest BCUT2D eigenvalue weighted by Gasteiger charge is 2.47. The summed E-state index contributed by atoms with van der Waals surface area (Å²) in [5.41, 5.74) is 2.21. The van der Waals surface area contributed by atoms with Crippen LogP contribution in [0.2, 0.25) is 10.0 Å². The van der Waals surface area contributed by atoms with Gasteiger partial charge in [-0.2, -0.15) is 0 Å². The van der Waals surface area contributed by atoms with Gasteiger partial charge in [0.2, 0.25) is 0 Å². The Morgan fingerprint density at radius 2 is 1.46 bits per heavy atom. The third kappa shape index (κ3) is 5.24. The largest absolute Gasteiger partial charge is 0.507 e. The molecule has 0 saturated carbocycles. The SMILES string of the molecule is COC(=O)c1ccc(N2C(=O)C(=O)/C(=C(/O)c3cc(Cl)c(OC)c(Cl)c3)C2c2ccc(C(C)(C)C)cc2)cc1. The first-order valence-corrected chi connectivity index (χ1v) is 12.8. The Labute approximate surface area is 236 Å². The second-order valence-electron chi connectivity index (χ2n) is 10.1. The number of Topliss-reactive ketones (excluding diaryl/α,β-unsaturated/α-hetero) is 1. The number of carbonyl (C=O) groups excluding carboxylic acids is 3. The minimum Gasteiger partial charge on any atom is -0.507 e. The van der Waals surface area contributed by atoms with Gasteiger partial charge in [-0.05, 0) is 52.9 Å². The molecule has 1 N–H and O–H groups in total. The molecule has 0 radical (unpaired) electrons. The van der Waals surface area contributed by atoms with E-state index in [0.29, 0.717) is 11.3 Å². The lowest BCUT2D eigenvalue weighted by molar-refractivity contribution is -0.132.